The maximum absolute atomic E-state index is 12.9. The summed E-state index contributed by atoms with van der Waals surface area (Å²) < 4.78 is 0. The van der Waals surface area contributed by atoms with E-state index in [0.717, 1.165) is 28.5 Å². The van der Waals surface area contributed by atoms with Crippen LogP contribution in [0, 0.1) is 0 Å². The van der Waals surface area contributed by atoms with Crippen molar-refractivity contribution in [2.75, 3.05) is 11.9 Å². The molecular weight excluding hydrogens is 384 g/mol. The molecule has 0 atom stereocenters. The first-order chi connectivity index (χ1) is 15.3. The third-order valence-electron chi connectivity index (χ3n) is 6.24. The first-order valence-electron chi connectivity index (χ1n) is 10.6. The Balaban J connectivity index is 1.23. The van der Waals surface area contributed by atoms with Crippen molar-refractivity contribution in [3.63, 3.8) is 0 Å². The first kappa shape index (κ1) is 17.8. The number of aromatic amines is 2. The number of para-hydroxylation sites is 2. The topological polar surface area (TPSA) is 63.9 Å². The number of carbonyl (C=O) groups is 1. The van der Waals surface area contributed by atoms with Gasteiger partial charge < -0.3 is 20.2 Å². The smallest absolute Gasteiger partial charge is 0.322 e. The molecule has 1 aliphatic rings. The number of hydrogen-bond donors (Lipinski definition) is 3. The van der Waals surface area contributed by atoms with Crippen molar-refractivity contribution >= 4 is 33.5 Å². The number of rotatable bonds is 2. The summed E-state index contributed by atoms with van der Waals surface area (Å²) in [5.41, 5.74) is 7.96. The minimum absolute atomic E-state index is 0.0592. The van der Waals surface area contributed by atoms with Crippen molar-refractivity contribution in [3.8, 4) is 11.1 Å². The number of aromatic nitrogens is 2. The Morgan fingerprint density at radius 3 is 2.45 bits per heavy atom. The Morgan fingerprint density at radius 1 is 0.839 bits per heavy atom. The lowest BCUT2D eigenvalue weighted by Gasteiger charge is -2.29. The van der Waals surface area contributed by atoms with Crippen LogP contribution in [-0.2, 0) is 13.0 Å². The first-order valence-corrected chi connectivity index (χ1v) is 10.6. The van der Waals surface area contributed by atoms with Gasteiger partial charge in [-0.1, -0.05) is 54.6 Å². The Labute approximate surface area is 179 Å². The van der Waals surface area contributed by atoms with E-state index >= 15 is 0 Å². The normalized spacial score (nSPS) is 13.5. The molecule has 0 spiro atoms. The van der Waals surface area contributed by atoms with E-state index in [4.69, 9.17) is 0 Å². The molecule has 0 fully saturated rings. The number of hydrogen-bond acceptors (Lipinski definition) is 1. The van der Waals surface area contributed by atoms with Gasteiger partial charge in [0.15, 0.2) is 0 Å². The number of fused-ring (bicyclic) bond motifs is 3. The molecule has 152 valence electrons. The van der Waals surface area contributed by atoms with Crippen molar-refractivity contribution in [1.29, 1.82) is 0 Å². The molecule has 5 nitrogen and oxygen atoms in total. The summed E-state index contributed by atoms with van der Waals surface area (Å²) in [5, 5.41) is 5.33. The summed E-state index contributed by atoms with van der Waals surface area (Å²) in [6, 6.07) is 22.9. The fraction of sp³-hybridized carbons (Fsp3) is 0.115. The fourth-order valence-corrected chi connectivity index (χ4v) is 4.57. The molecular formula is C26H22N4O. The van der Waals surface area contributed by atoms with Gasteiger partial charge in [-0.3, -0.25) is 0 Å². The predicted molar refractivity (Wildman–Crippen MR) is 125 cm³/mol. The number of carbonyl (C=O) groups excluding carboxylic acids is 1. The van der Waals surface area contributed by atoms with Gasteiger partial charge in [-0.25, -0.2) is 4.79 Å². The van der Waals surface area contributed by atoms with E-state index in [-0.39, 0.29) is 6.03 Å². The zero-order valence-corrected chi connectivity index (χ0v) is 17.0. The van der Waals surface area contributed by atoms with Crippen molar-refractivity contribution in [2.45, 2.75) is 13.0 Å². The second-order valence-electron chi connectivity index (χ2n) is 8.08. The summed E-state index contributed by atoms with van der Waals surface area (Å²) in [6.45, 7) is 1.33. The number of nitrogens with one attached hydrogen (secondary N) is 3. The number of amides is 2. The lowest BCUT2D eigenvalue weighted by molar-refractivity contribution is 0.206. The predicted octanol–water partition coefficient (Wildman–Crippen LogP) is 5.91. The lowest BCUT2D eigenvalue weighted by Crippen LogP contribution is -2.38. The Hall–Kier alpha value is -3.99. The van der Waals surface area contributed by atoms with Gasteiger partial charge in [0.05, 0.1) is 5.69 Å². The number of benzene rings is 3. The molecule has 0 unspecified atom stereocenters. The van der Waals surface area contributed by atoms with Crippen LogP contribution in [0.2, 0.25) is 0 Å². The maximum Gasteiger partial charge on any atom is 0.322 e. The molecule has 3 aromatic carbocycles. The van der Waals surface area contributed by atoms with E-state index in [1.165, 1.54) is 27.6 Å². The highest BCUT2D eigenvalue weighted by atomic mass is 16.2. The lowest BCUT2D eigenvalue weighted by atomic mass is 9.94. The van der Waals surface area contributed by atoms with Crippen molar-refractivity contribution < 1.29 is 4.79 Å². The molecule has 0 radical (unpaired) electrons. The molecule has 3 N–H and O–H groups in total. The third-order valence-corrected chi connectivity index (χ3v) is 6.24. The number of nitrogens with zero attached hydrogens (tertiary/aromatic N) is 1. The molecule has 0 saturated carbocycles. The summed E-state index contributed by atoms with van der Waals surface area (Å²) in [7, 11) is 0. The van der Waals surface area contributed by atoms with Crippen LogP contribution in [0.5, 0.6) is 0 Å². The van der Waals surface area contributed by atoms with Crippen LogP contribution in [0.1, 0.15) is 11.1 Å². The third kappa shape index (κ3) is 3.06. The van der Waals surface area contributed by atoms with Gasteiger partial charge >= 0.3 is 6.03 Å². The van der Waals surface area contributed by atoms with Gasteiger partial charge in [0, 0.05) is 52.9 Å². The van der Waals surface area contributed by atoms with Crippen molar-refractivity contribution in [1.82, 2.24) is 14.9 Å². The quantitative estimate of drug-likeness (QED) is 0.335. The summed E-state index contributed by atoms with van der Waals surface area (Å²) in [4.78, 5) is 21.4. The van der Waals surface area contributed by atoms with Crippen LogP contribution < -0.4 is 5.32 Å². The Kier molecular flexibility index (Phi) is 4.06. The molecule has 0 aliphatic carbocycles. The highest BCUT2D eigenvalue weighted by molar-refractivity contribution is 6.01. The summed E-state index contributed by atoms with van der Waals surface area (Å²) >= 11 is 0. The zero-order valence-electron chi connectivity index (χ0n) is 17.0. The van der Waals surface area contributed by atoms with Crippen LogP contribution in [-0.4, -0.2) is 27.4 Å². The second kappa shape index (κ2) is 7.06. The molecule has 5 aromatic rings. The van der Waals surface area contributed by atoms with Crippen molar-refractivity contribution in [3.05, 3.63) is 90.3 Å². The molecule has 6 rings (SSSR count). The number of H-pyrrole nitrogens is 2. The Bertz CT molecular complexity index is 1430. The van der Waals surface area contributed by atoms with E-state index in [2.05, 4.69) is 57.9 Å². The van der Waals surface area contributed by atoms with Crippen LogP contribution in [0.25, 0.3) is 32.9 Å². The van der Waals surface area contributed by atoms with Gasteiger partial charge in [-0.2, -0.15) is 0 Å². The van der Waals surface area contributed by atoms with Gasteiger partial charge in [0.1, 0.15) is 0 Å². The Morgan fingerprint density at radius 2 is 1.58 bits per heavy atom. The van der Waals surface area contributed by atoms with Crippen LogP contribution in [0.4, 0.5) is 10.5 Å². The van der Waals surface area contributed by atoms with Gasteiger partial charge in [0.25, 0.3) is 0 Å². The number of anilines is 1. The van der Waals surface area contributed by atoms with E-state index in [1.807, 2.05) is 41.4 Å². The zero-order chi connectivity index (χ0) is 20.8. The average Bonchev–Trinajstić information content (AvgIpc) is 3.43. The van der Waals surface area contributed by atoms with Crippen LogP contribution in [0.3, 0.4) is 0 Å². The standard InChI is InChI=1S/C26H22N4O/c31-26(29-25-15-28-24-8-4-2-6-21(24)25)30-12-11-17-13-18(9-10-19(17)16-30)22-14-27-23-7-3-1-5-20(22)23/h1-10,13-15,27-28H,11-12,16H2,(H,29,31). The molecule has 2 aromatic heterocycles. The molecule has 5 heteroatoms. The molecule has 0 saturated heterocycles. The number of urea groups is 1. The maximum atomic E-state index is 12.9. The second-order valence-corrected chi connectivity index (χ2v) is 8.08. The van der Waals surface area contributed by atoms with E-state index < -0.39 is 0 Å². The van der Waals surface area contributed by atoms with Gasteiger partial charge in [-0.05, 0) is 35.2 Å². The van der Waals surface area contributed by atoms with Gasteiger partial charge in [-0.15, -0.1) is 0 Å². The van der Waals surface area contributed by atoms with E-state index in [1.54, 1.807) is 0 Å². The summed E-state index contributed by atoms with van der Waals surface area (Å²) in [6.07, 6.45) is 4.79. The van der Waals surface area contributed by atoms with Crippen LogP contribution >= 0.6 is 0 Å². The highest BCUT2D eigenvalue weighted by Crippen LogP contribution is 2.32. The molecule has 31 heavy (non-hydrogen) atoms. The largest absolute Gasteiger partial charge is 0.361 e. The average molecular weight is 406 g/mol. The van der Waals surface area contributed by atoms with Crippen LogP contribution in [0.15, 0.2) is 79.1 Å². The summed E-state index contributed by atoms with van der Waals surface area (Å²) in [5.74, 6) is 0. The minimum atomic E-state index is -0.0592. The highest BCUT2D eigenvalue weighted by Gasteiger charge is 2.22. The monoisotopic (exact) mass is 406 g/mol. The van der Waals surface area contributed by atoms with Gasteiger partial charge in [0.2, 0.25) is 0 Å². The molecule has 3 heterocycles. The molecule has 0 bridgehead atoms. The van der Waals surface area contributed by atoms with E-state index in [0.29, 0.717) is 13.1 Å². The fourth-order valence-electron chi connectivity index (χ4n) is 4.57. The minimum Gasteiger partial charge on any atom is -0.361 e. The molecule has 1 aliphatic heterocycles. The molecule has 2 amide bonds. The van der Waals surface area contributed by atoms with E-state index in [9.17, 15) is 4.79 Å². The van der Waals surface area contributed by atoms with Crippen molar-refractivity contribution in [2.24, 2.45) is 0 Å². The SMILES string of the molecule is O=C(Nc1c[nH]c2ccccc12)N1CCc2cc(-c3c[nH]c4ccccc34)ccc2C1.